The fraction of sp³-hybridized carbons (Fsp3) is 0.192. The number of ether oxygens (including phenoxy) is 3. The Hall–Kier alpha value is -4.51. The summed E-state index contributed by atoms with van der Waals surface area (Å²) >= 11 is 1.05. The van der Waals surface area contributed by atoms with E-state index in [2.05, 4.69) is 10.3 Å². The van der Waals surface area contributed by atoms with E-state index in [1.807, 2.05) is 18.2 Å². The maximum Gasteiger partial charge on any atom is 0.348 e. The molecule has 1 N–H and O–H groups in total. The number of nitrogens with zero attached hydrogens (tertiary/aromatic N) is 2. The van der Waals surface area contributed by atoms with E-state index in [1.54, 1.807) is 37.3 Å². The first-order chi connectivity index (χ1) is 17.9. The Bertz CT molecular complexity index is 1510. The molecule has 0 saturated carbocycles. The van der Waals surface area contributed by atoms with E-state index >= 15 is 0 Å². The summed E-state index contributed by atoms with van der Waals surface area (Å²) in [7, 11) is 1.24. The van der Waals surface area contributed by atoms with E-state index < -0.39 is 23.4 Å². The van der Waals surface area contributed by atoms with Crippen molar-refractivity contribution in [3.05, 3.63) is 87.3 Å². The van der Waals surface area contributed by atoms with Crippen molar-refractivity contribution >= 4 is 45.1 Å². The number of hydrogen-bond acceptors (Lipinski definition) is 9. The van der Waals surface area contributed by atoms with Gasteiger partial charge in [-0.05, 0) is 36.8 Å². The van der Waals surface area contributed by atoms with Crippen LogP contribution < -0.4 is 15.6 Å². The summed E-state index contributed by atoms with van der Waals surface area (Å²) in [5.41, 5.74) is 0.401. The minimum atomic E-state index is -0.601. The average Bonchev–Trinajstić information content (AvgIpc) is 3.25. The highest BCUT2D eigenvalue weighted by Gasteiger charge is 2.21. The van der Waals surface area contributed by atoms with Gasteiger partial charge < -0.3 is 19.5 Å². The Labute approximate surface area is 215 Å². The number of hydrogen-bond donors (Lipinski definition) is 1. The van der Waals surface area contributed by atoms with Crippen molar-refractivity contribution < 1.29 is 28.6 Å². The second-order valence-electron chi connectivity index (χ2n) is 7.80. The highest BCUT2D eigenvalue weighted by atomic mass is 32.1. The smallest absolute Gasteiger partial charge is 0.348 e. The van der Waals surface area contributed by atoms with Crippen LogP contribution in [0.1, 0.15) is 25.6 Å². The summed E-state index contributed by atoms with van der Waals surface area (Å²) in [5.74, 6) is -1.05. The SMILES string of the molecule is COC(=O)c1ccccc1NC(=O)Cn1cnc2sc(C(=O)OCCOc3ccccc3)c(C)c2c1=O. The van der Waals surface area contributed by atoms with Gasteiger partial charge in [-0.2, -0.15) is 0 Å². The number of aryl methyl sites for hydroxylation is 1. The average molecular weight is 522 g/mol. The molecule has 0 radical (unpaired) electrons. The summed E-state index contributed by atoms with van der Waals surface area (Å²) in [5, 5.41) is 2.86. The molecule has 37 heavy (non-hydrogen) atoms. The Kier molecular flexibility index (Phi) is 7.94. The number of methoxy groups -OCH3 is 1. The maximum atomic E-state index is 13.1. The minimum absolute atomic E-state index is 0.0340. The van der Waals surface area contributed by atoms with Crippen molar-refractivity contribution in [3.63, 3.8) is 0 Å². The molecule has 0 saturated heterocycles. The predicted octanol–water partition coefficient (Wildman–Crippen LogP) is 3.43. The minimum Gasteiger partial charge on any atom is -0.490 e. The van der Waals surface area contributed by atoms with Crippen LogP contribution in [0.5, 0.6) is 5.75 Å². The lowest BCUT2D eigenvalue weighted by molar-refractivity contribution is -0.116. The Balaban J connectivity index is 1.45. The number of anilines is 1. The summed E-state index contributed by atoms with van der Waals surface area (Å²) in [4.78, 5) is 55.2. The molecular formula is C26H23N3O7S. The number of amides is 1. The lowest BCUT2D eigenvalue weighted by atomic mass is 10.2. The van der Waals surface area contributed by atoms with Crippen LogP contribution in [0.4, 0.5) is 5.69 Å². The molecule has 10 nitrogen and oxygen atoms in total. The van der Waals surface area contributed by atoms with Gasteiger partial charge in [0.2, 0.25) is 5.91 Å². The molecule has 190 valence electrons. The zero-order chi connectivity index (χ0) is 26.4. The fourth-order valence-electron chi connectivity index (χ4n) is 3.57. The van der Waals surface area contributed by atoms with E-state index in [9.17, 15) is 19.2 Å². The molecule has 0 aliphatic rings. The molecule has 0 aliphatic heterocycles. The third-order valence-electron chi connectivity index (χ3n) is 5.35. The summed E-state index contributed by atoms with van der Waals surface area (Å²) < 4.78 is 16.7. The van der Waals surface area contributed by atoms with Crippen molar-refractivity contribution in [2.45, 2.75) is 13.5 Å². The summed E-state index contributed by atoms with van der Waals surface area (Å²) in [6, 6.07) is 15.5. The van der Waals surface area contributed by atoms with Crippen molar-refractivity contribution in [1.29, 1.82) is 0 Å². The molecule has 0 fully saturated rings. The number of carbonyl (C=O) groups is 3. The van der Waals surface area contributed by atoms with Gasteiger partial charge in [0.15, 0.2) is 0 Å². The van der Waals surface area contributed by atoms with Crippen LogP contribution >= 0.6 is 11.3 Å². The highest BCUT2D eigenvalue weighted by Crippen LogP contribution is 2.27. The molecule has 0 bridgehead atoms. The first-order valence-electron chi connectivity index (χ1n) is 11.2. The van der Waals surface area contributed by atoms with E-state index in [4.69, 9.17) is 14.2 Å². The summed E-state index contributed by atoms with van der Waals surface area (Å²) in [6.45, 7) is 1.50. The second-order valence-corrected chi connectivity index (χ2v) is 8.80. The topological polar surface area (TPSA) is 126 Å². The monoisotopic (exact) mass is 521 g/mol. The van der Waals surface area contributed by atoms with Crippen LogP contribution in [-0.2, 0) is 20.8 Å². The fourth-order valence-corrected chi connectivity index (χ4v) is 4.60. The van der Waals surface area contributed by atoms with Crippen LogP contribution in [0.3, 0.4) is 0 Å². The van der Waals surface area contributed by atoms with Crippen LogP contribution in [0.25, 0.3) is 10.2 Å². The summed E-state index contributed by atoms with van der Waals surface area (Å²) in [6.07, 6.45) is 1.25. The van der Waals surface area contributed by atoms with E-state index in [1.165, 1.54) is 19.5 Å². The standard InChI is InChI=1S/C26H23N3O7S/c1-16-21-23(37-22(16)26(33)36-13-12-35-17-8-4-3-5-9-17)27-15-29(24(21)31)14-20(30)28-19-11-7-6-10-18(19)25(32)34-2/h3-11,15H,12-14H2,1-2H3,(H,28,30). The number of fused-ring (bicyclic) bond motifs is 1. The van der Waals surface area contributed by atoms with Gasteiger partial charge in [-0.3, -0.25) is 14.2 Å². The van der Waals surface area contributed by atoms with Gasteiger partial charge in [0.25, 0.3) is 5.56 Å². The predicted molar refractivity (Wildman–Crippen MR) is 137 cm³/mol. The second kappa shape index (κ2) is 11.5. The molecular weight excluding hydrogens is 498 g/mol. The number of rotatable bonds is 9. The van der Waals surface area contributed by atoms with E-state index in [-0.39, 0.29) is 41.3 Å². The first-order valence-corrected chi connectivity index (χ1v) is 12.0. The number of thiophene rings is 1. The maximum absolute atomic E-state index is 13.1. The molecule has 2 heterocycles. The van der Waals surface area contributed by atoms with Gasteiger partial charge in [-0.25, -0.2) is 14.6 Å². The van der Waals surface area contributed by atoms with Crippen LogP contribution in [-0.4, -0.2) is 47.7 Å². The van der Waals surface area contributed by atoms with Crippen molar-refractivity contribution in [3.8, 4) is 5.75 Å². The van der Waals surface area contributed by atoms with Crippen LogP contribution in [0.2, 0.25) is 0 Å². The van der Waals surface area contributed by atoms with Gasteiger partial charge in [0, 0.05) is 0 Å². The van der Waals surface area contributed by atoms with Crippen molar-refractivity contribution in [1.82, 2.24) is 9.55 Å². The number of benzene rings is 2. The molecule has 11 heteroatoms. The number of esters is 2. The number of aromatic nitrogens is 2. The van der Waals surface area contributed by atoms with E-state index in [0.29, 0.717) is 16.1 Å². The molecule has 4 rings (SSSR count). The van der Waals surface area contributed by atoms with E-state index in [0.717, 1.165) is 15.9 Å². The quantitative estimate of drug-likeness (QED) is 0.262. The third-order valence-corrected chi connectivity index (χ3v) is 6.53. The molecule has 4 aromatic rings. The Morgan fingerprint density at radius 1 is 1.00 bits per heavy atom. The molecule has 2 aromatic heterocycles. The van der Waals surface area contributed by atoms with Gasteiger partial charge in [0.1, 0.15) is 35.2 Å². The number of carbonyl (C=O) groups excluding carboxylic acids is 3. The molecule has 0 atom stereocenters. The number of para-hydroxylation sites is 2. The van der Waals surface area contributed by atoms with Gasteiger partial charge >= 0.3 is 11.9 Å². The Morgan fingerprint density at radius 2 is 1.73 bits per heavy atom. The first kappa shape index (κ1) is 25.6. The zero-order valence-corrected chi connectivity index (χ0v) is 20.9. The largest absolute Gasteiger partial charge is 0.490 e. The van der Waals surface area contributed by atoms with Crippen LogP contribution in [0.15, 0.2) is 65.7 Å². The van der Waals surface area contributed by atoms with Crippen molar-refractivity contribution in [2.24, 2.45) is 0 Å². The molecule has 2 aromatic carbocycles. The zero-order valence-electron chi connectivity index (χ0n) is 20.1. The number of nitrogens with one attached hydrogen (secondary N) is 1. The molecule has 1 amide bonds. The van der Waals surface area contributed by atoms with Gasteiger partial charge in [0.05, 0.1) is 30.1 Å². The Morgan fingerprint density at radius 3 is 2.49 bits per heavy atom. The third kappa shape index (κ3) is 5.84. The highest BCUT2D eigenvalue weighted by molar-refractivity contribution is 7.20. The van der Waals surface area contributed by atoms with Crippen LogP contribution in [0, 0.1) is 6.92 Å². The normalized spacial score (nSPS) is 10.6. The van der Waals surface area contributed by atoms with Gasteiger partial charge in [-0.15, -0.1) is 11.3 Å². The molecule has 0 spiro atoms. The molecule has 0 aliphatic carbocycles. The van der Waals surface area contributed by atoms with Gasteiger partial charge in [-0.1, -0.05) is 30.3 Å². The lowest BCUT2D eigenvalue weighted by Crippen LogP contribution is -2.28. The van der Waals surface area contributed by atoms with Crippen molar-refractivity contribution in [2.75, 3.05) is 25.6 Å². The molecule has 0 unspecified atom stereocenters. The lowest BCUT2D eigenvalue weighted by Gasteiger charge is -2.10.